The first-order valence-electron chi connectivity index (χ1n) is 6.71. The quantitative estimate of drug-likeness (QED) is 0.791. The van der Waals surface area contributed by atoms with Crippen molar-refractivity contribution in [2.24, 2.45) is 0 Å². The van der Waals surface area contributed by atoms with Crippen LogP contribution in [0.15, 0.2) is 0 Å². The van der Waals surface area contributed by atoms with Crippen LogP contribution >= 0.6 is 0 Å². The van der Waals surface area contributed by atoms with Crippen LogP contribution in [0.25, 0.3) is 0 Å². The van der Waals surface area contributed by atoms with Gasteiger partial charge in [-0.3, -0.25) is 4.90 Å². The number of nitrogens with one attached hydrogen (secondary N) is 1. The summed E-state index contributed by atoms with van der Waals surface area (Å²) in [6.45, 7) is 4.33. The van der Waals surface area contributed by atoms with E-state index in [1.165, 1.54) is 19.1 Å². The summed E-state index contributed by atoms with van der Waals surface area (Å²) < 4.78 is 23.3. The molecule has 2 aliphatic rings. The Bertz CT molecular complexity index is 334. The normalized spacial score (nSPS) is 33.2. The molecule has 1 aliphatic carbocycles. The molecule has 1 aliphatic heterocycles. The monoisotopic (exact) mass is 260 g/mol. The van der Waals surface area contributed by atoms with Gasteiger partial charge >= 0.3 is 0 Å². The fraction of sp³-hybridized carbons (Fsp3) is 1.00. The Morgan fingerprint density at radius 3 is 2.71 bits per heavy atom. The van der Waals surface area contributed by atoms with Crippen molar-refractivity contribution in [1.82, 2.24) is 10.2 Å². The van der Waals surface area contributed by atoms with E-state index in [-0.39, 0.29) is 5.25 Å². The average Bonchev–Trinajstić information content (AvgIpc) is 2.56. The molecule has 1 saturated carbocycles. The van der Waals surface area contributed by atoms with Crippen LogP contribution in [0, 0.1) is 0 Å². The first-order chi connectivity index (χ1) is 8.07. The van der Waals surface area contributed by atoms with Crippen LogP contribution in [0.1, 0.15) is 32.1 Å². The molecular formula is C12H24N2O2S. The fourth-order valence-electron chi connectivity index (χ4n) is 3.07. The summed E-state index contributed by atoms with van der Waals surface area (Å²) in [4.78, 5) is 2.50. The Hall–Kier alpha value is -0.130. The minimum Gasteiger partial charge on any atom is -0.315 e. The van der Waals surface area contributed by atoms with E-state index in [4.69, 9.17) is 0 Å². The van der Waals surface area contributed by atoms with E-state index in [0.29, 0.717) is 6.04 Å². The SMILES string of the molecule is CS(=O)(=O)C1CCCC(N2CCCNCC2)C1. The fourth-order valence-corrected chi connectivity index (χ4v) is 4.24. The summed E-state index contributed by atoms with van der Waals surface area (Å²) >= 11 is 0. The molecule has 2 fully saturated rings. The van der Waals surface area contributed by atoms with Crippen LogP contribution in [0.3, 0.4) is 0 Å². The van der Waals surface area contributed by atoms with Crippen molar-refractivity contribution >= 4 is 9.84 Å². The molecule has 2 rings (SSSR count). The highest BCUT2D eigenvalue weighted by Gasteiger charge is 2.31. The minimum absolute atomic E-state index is 0.0996. The second-order valence-electron chi connectivity index (χ2n) is 5.41. The van der Waals surface area contributed by atoms with Crippen LogP contribution in [0.5, 0.6) is 0 Å². The number of hydrogen-bond donors (Lipinski definition) is 1. The Labute approximate surface area is 105 Å². The van der Waals surface area contributed by atoms with Gasteiger partial charge in [-0.25, -0.2) is 8.42 Å². The standard InChI is InChI=1S/C12H24N2O2S/c1-17(15,16)12-5-2-4-11(10-12)14-8-3-6-13-7-9-14/h11-13H,2-10H2,1H3. The predicted octanol–water partition coefficient (Wildman–Crippen LogP) is 0.638. The molecule has 4 nitrogen and oxygen atoms in total. The van der Waals surface area contributed by atoms with Crippen LogP contribution < -0.4 is 5.32 Å². The van der Waals surface area contributed by atoms with E-state index in [1.54, 1.807) is 0 Å². The van der Waals surface area contributed by atoms with Gasteiger partial charge in [-0.05, 0) is 38.8 Å². The molecule has 0 radical (unpaired) electrons. The summed E-state index contributed by atoms with van der Waals surface area (Å²) in [5.74, 6) is 0. The molecule has 17 heavy (non-hydrogen) atoms. The first kappa shape index (κ1) is 13.3. The van der Waals surface area contributed by atoms with E-state index < -0.39 is 9.84 Å². The topological polar surface area (TPSA) is 49.4 Å². The van der Waals surface area contributed by atoms with Crippen molar-refractivity contribution < 1.29 is 8.42 Å². The summed E-state index contributed by atoms with van der Waals surface area (Å²) in [6, 6.07) is 0.489. The van der Waals surface area contributed by atoms with Gasteiger partial charge in [-0.2, -0.15) is 0 Å². The average molecular weight is 260 g/mol. The largest absolute Gasteiger partial charge is 0.315 e. The molecule has 0 amide bonds. The van der Waals surface area contributed by atoms with Gasteiger partial charge in [0.05, 0.1) is 5.25 Å². The van der Waals surface area contributed by atoms with Gasteiger partial charge in [0, 0.05) is 25.4 Å². The lowest BCUT2D eigenvalue weighted by Crippen LogP contribution is -2.43. The van der Waals surface area contributed by atoms with E-state index >= 15 is 0 Å². The van der Waals surface area contributed by atoms with E-state index in [2.05, 4.69) is 10.2 Å². The zero-order valence-corrected chi connectivity index (χ0v) is 11.5. The lowest BCUT2D eigenvalue weighted by molar-refractivity contribution is 0.167. The third kappa shape index (κ3) is 3.66. The summed E-state index contributed by atoms with van der Waals surface area (Å²) in [5, 5.41) is 3.30. The summed E-state index contributed by atoms with van der Waals surface area (Å²) in [6.07, 6.45) is 6.52. The zero-order chi connectivity index (χ0) is 12.3. The maximum atomic E-state index is 11.7. The van der Waals surface area contributed by atoms with Crippen molar-refractivity contribution in [3.05, 3.63) is 0 Å². The Morgan fingerprint density at radius 2 is 1.94 bits per heavy atom. The smallest absolute Gasteiger partial charge is 0.150 e. The highest BCUT2D eigenvalue weighted by molar-refractivity contribution is 7.91. The highest BCUT2D eigenvalue weighted by Crippen LogP contribution is 2.27. The van der Waals surface area contributed by atoms with Crippen LogP contribution in [-0.4, -0.2) is 57.0 Å². The van der Waals surface area contributed by atoms with Gasteiger partial charge < -0.3 is 5.32 Å². The van der Waals surface area contributed by atoms with Gasteiger partial charge in [-0.15, -0.1) is 0 Å². The van der Waals surface area contributed by atoms with Crippen LogP contribution in [0.4, 0.5) is 0 Å². The van der Waals surface area contributed by atoms with E-state index in [0.717, 1.165) is 45.4 Å². The maximum Gasteiger partial charge on any atom is 0.150 e. The molecule has 100 valence electrons. The van der Waals surface area contributed by atoms with Gasteiger partial charge in [0.25, 0.3) is 0 Å². The van der Waals surface area contributed by atoms with E-state index in [9.17, 15) is 8.42 Å². The van der Waals surface area contributed by atoms with Crippen molar-refractivity contribution in [2.45, 2.75) is 43.4 Å². The highest BCUT2D eigenvalue weighted by atomic mass is 32.2. The second kappa shape index (κ2) is 5.67. The number of rotatable bonds is 2. The number of hydrogen-bond acceptors (Lipinski definition) is 4. The first-order valence-corrected chi connectivity index (χ1v) is 8.66. The van der Waals surface area contributed by atoms with Gasteiger partial charge in [0.2, 0.25) is 0 Å². The Morgan fingerprint density at radius 1 is 1.12 bits per heavy atom. The van der Waals surface area contributed by atoms with E-state index in [1.807, 2.05) is 0 Å². The van der Waals surface area contributed by atoms with Crippen molar-refractivity contribution in [1.29, 1.82) is 0 Å². The third-order valence-electron chi connectivity index (χ3n) is 4.09. The lowest BCUT2D eigenvalue weighted by atomic mass is 9.93. The molecule has 1 N–H and O–H groups in total. The lowest BCUT2D eigenvalue weighted by Gasteiger charge is -2.36. The molecule has 1 heterocycles. The molecule has 2 unspecified atom stereocenters. The molecule has 0 spiro atoms. The maximum absolute atomic E-state index is 11.7. The Balaban J connectivity index is 1.96. The molecule has 1 saturated heterocycles. The zero-order valence-electron chi connectivity index (χ0n) is 10.7. The van der Waals surface area contributed by atoms with Crippen LogP contribution in [0.2, 0.25) is 0 Å². The van der Waals surface area contributed by atoms with Gasteiger partial charge in [0.15, 0.2) is 0 Å². The molecule has 5 heteroatoms. The summed E-state index contributed by atoms with van der Waals surface area (Å²) in [7, 11) is -2.85. The third-order valence-corrected chi connectivity index (χ3v) is 5.73. The number of nitrogens with zero attached hydrogens (tertiary/aromatic N) is 1. The molecule has 0 aromatic rings. The van der Waals surface area contributed by atoms with Gasteiger partial charge in [0.1, 0.15) is 9.84 Å². The molecule has 0 bridgehead atoms. The molecule has 0 aromatic carbocycles. The van der Waals surface area contributed by atoms with Gasteiger partial charge in [-0.1, -0.05) is 6.42 Å². The predicted molar refractivity (Wildman–Crippen MR) is 69.9 cm³/mol. The van der Waals surface area contributed by atoms with Crippen molar-refractivity contribution in [2.75, 3.05) is 32.4 Å². The Kier molecular flexibility index (Phi) is 4.44. The molecule has 0 aromatic heterocycles. The number of sulfone groups is 1. The van der Waals surface area contributed by atoms with Crippen LogP contribution in [-0.2, 0) is 9.84 Å². The van der Waals surface area contributed by atoms with Crippen molar-refractivity contribution in [3.8, 4) is 0 Å². The molecule has 2 atom stereocenters. The minimum atomic E-state index is -2.85. The van der Waals surface area contributed by atoms with Crippen molar-refractivity contribution in [3.63, 3.8) is 0 Å². The summed E-state index contributed by atoms with van der Waals surface area (Å²) in [5.41, 5.74) is 0. The molecular weight excluding hydrogens is 236 g/mol. The second-order valence-corrected chi connectivity index (χ2v) is 7.74.